The summed E-state index contributed by atoms with van der Waals surface area (Å²) in [7, 11) is 0. The molecule has 0 bridgehead atoms. The van der Waals surface area contributed by atoms with Crippen LogP contribution in [0.25, 0.3) is 0 Å². The van der Waals surface area contributed by atoms with Crippen LogP contribution in [0.3, 0.4) is 0 Å². The molecule has 0 aliphatic carbocycles. The molecular formula is C16H25NO2. The summed E-state index contributed by atoms with van der Waals surface area (Å²) in [4.78, 5) is 11.1. The molecule has 0 aromatic heterocycles. The van der Waals surface area contributed by atoms with E-state index < -0.39 is 0 Å². The highest BCUT2D eigenvalue weighted by atomic mass is 16.5. The van der Waals surface area contributed by atoms with Crippen LogP contribution < -0.4 is 5.32 Å². The number of hydrogen-bond donors (Lipinski definition) is 1. The van der Waals surface area contributed by atoms with E-state index in [4.69, 9.17) is 4.74 Å². The molecule has 0 radical (unpaired) electrons. The van der Waals surface area contributed by atoms with Crippen molar-refractivity contribution < 1.29 is 9.53 Å². The third kappa shape index (κ3) is 6.97. The van der Waals surface area contributed by atoms with Crippen LogP contribution in [0.15, 0.2) is 24.3 Å². The molecule has 0 amide bonds. The van der Waals surface area contributed by atoms with Gasteiger partial charge in [-0.25, -0.2) is 0 Å². The lowest BCUT2D eigenvalue weighted by molar-refractivity contribution is -0.143. The van der Waals surface area contributed by atoms with Crippen LogP contribution in [0.4, 0.5) is 0 Å². The Bertz CT molecular complexity index is 360. The number of carbonyl (C=O) groups is 1. The Morgan fingerprint density at radius 3 is 2.47 bits per heavy atom. The highest BCUT2D eigenvalue weighted by molar-refractivity contribution is 5.69. The second-order valence-electron chi connectivity index (χ2n) is 4.67. The third-order valence-corrected chi connectivity index (χ3v) is 2.98. The minimum atomic E-state index is -0.0855. The van der Waals surface area contributed by atoms with Crippen LogP contribution in [-0.2, 0) is 22.5 Å². The first-order valence-corrected chi connectivity index (χ1v) is 7.20. The van der Waals surface area contributed by atoms with E-state index in [1.807, 2.05) is 6.92 Å². The van der Waals surface area contributed by atoms with E-state index in [2.05, 4.69) is 36.5 Å². The fourth-order valence-electron chi connectivity index (χ4n) is 1.79. The highest BCUT2D eigenvalue weighted by Gasteiger charge is 1.99. The van der Waals surface area contributed by atoms with Crippen molar-refractivity contribution in [1.82, 2.24) is 5.32 Å². The number of hydrogen-bond acceptors (Lipinski definition) is 3. The van der Waals surface area contributed by atoms with Crippen molar-refractivity contribution in [3.05, 3.63) is 35.4 Å². The van der Waals surface area contributed by atoms with E-state index in [1.165, 1.54) is 11.1 Å². The van der Waals surface area contributed by atoms with Crippen molar-refractivity contribution in [2.75, 3.05) is 13.2 Å². The molecule has 1 rings (SSSR count). The summed E-state index contributed by atoms with van der Waals surface area (Å²) in [6.45, 7) is 6.39. The van der Waals surface area contributed by atoms with Crippen LogP contribution in [0.5, 0.6) is 0 Å². The Labute approximate surface area is 116 Å². The van der Waals surface area contributed by atoms with E-state index in [9.17, 15) is 4.79 Å². The Morgan fingerprint density at radius 2 is 1.84 bits per heavy atom. The SMILES string of the molecule is CCCC(=O)OCCCNCc1ccc(CC)cc1. The van der Waals surface area contributed by atoms with Crippen LogP contribution in [-0.4, -0.2) is 19.1 Å². The highest BCUT2D eigenvalue weighted by Crippen LogP contribution is 2.04. The smallest absolute Gasteiger partial charge is 0.305 e. The quantitative estimate of drug-likeness (QED) is 0.549. The fourth-order valence-corrected chi connectivity index (χ4v) is 1.79. The first kappa shape index (κ1) is 15.7. The van der Waals surface area contributed by atoms with Crippen molar-refractivity contribution in [3.63, 3.8) is 0 Å². The topological polar surface area (TPSA) is 38.3 Å². The molecule has 0 aliphatic heterocycles. The van der Waals surface area contributed by atoms with Crippen LogP contribution in [0, 0.1) is 0 Å². The molecule has 0 spiro atoms. The molecule has 0 aliphatic rings. The average Bonchev–Trinajstić information content (AvgIpc) is 2.43. The van der Waals surface area contributed by atoms with E-state index in [1.54, 1.807) is 0 Å². The predicted molar refractivity (Wildman–Crippen MR) is 78.0 cm³/mol. The Balaban J connectivity index is 2.05. The largest absolute Gasteiger partial charge is 0.466 e. The number of nitrogens with one attached hydrogen (secondary N) is 1. The van der Waals surface area contributed by atoms with E-state index in [0.29, 0.717) is 13.0 Å². The zero-order valence-corrected chi connectivity index (χ0v) is 12.1. The van der Waals surface area contributed by atoms with Gasteiger partial charge in [-0.15, -0.1) is 0 Å². The first-order valence-electron chi connectivity index (χ1n) is 7.20. The molecule has 3 heteroatoms. The molecular weight excluding hydrogens is 238 g/mol. The van der Waals surface area contributed by atoms with Crippen LogP contribution in [0.2, 0.25) is 0 Å². The molecule has 0 fully saturated rings. The van der Waals surface area contributed by atoms with E-state index in [0.717, 1.165) is 32.4 Å². The molecule has 1 N–H and O–H groups in total. The maximum absolute atomic E-state index is 11.1. The Morgan fingerprint density at radius 1 is 1.16 bits per heavy atom. The number of carbonyl (C=O) groups excluding carboxylic acids is 1. The lowest BCUT2D eigenvalue weighted by Crippen LogP contribution is -2.17. The Kier molecular flexibility index (Phi) is 7.91. The van der Waals surface area contributed by atoms with Gasteiger partial charge >= 0.3 is 5.97 Å². The number of esters is 1. The molecule has 1 aromatic carbocycles. The molecule has 0 saturated carbocycles. The molecule has 1 aromatic rings. The van der Waals surface area contributed by atoms with Crippen molar-refractivity contribution in [1.29, 1.82) is 0 Å². The molecule has 0 unspecified atom stereocenters. The van der Waals surface area contributed by atoms with Crippen molar-refractivity contribution in [2.45, 2.75) is 46.1 Å². The number of ether oxygens (including phenoxy) is 1. The summed E-state index contributed by atoms with van der Waals surface area (Å²) in [6, 6.07) is 8.66. The molecule has 106 valence electrons. The van der Waals surface area contributed by atoms with Crippen molar-refractivity contribution in [3.8, 4) is 0 Å². The third-order valence-electron chi connectivity index (χ3n) is 2.98. The lowest BCUT2D eigenvalue weighted by Gasteiger charge is -2.06. The molecule has 3 nitrogen and oxygen atoms in total. The standard InChI is InChI=1S/C16H25NO2/c1-3-6-16(18)19-12-5-11-17-13-15-9-7-14(4-2)8-10-15/h7-10,17H,3-6,11-13H2,1-2H3. The summed E-state index contributed by atoms with van der Waals surface area (Å²) in [5.74, 6) is -0.0855. The molecule has 0 saturated heterocycles. The van der Waals surface area contributed by atoms with Gasteiger partial charge in [-0.1, -0.05) is 38.1 Å². The van der Waals surface area contributed by atoms with E-state index in [-0.39, 0.29) is 5.97 Å². The number of benzene rings is 1. The van der Waals surface area contributed by atoms with Gasteiger partial charge in [0.05, 0.1) is 6.61 Å². The van der Waals surface area contributed by atoms with Crippen molar-refractivity contribution in [2.24, 2.45) is 0 Å². The van der Waals surface area contributed by atoms with Gasteiger partial charge in [0.15, 0.2) is 0 Å². The van der Waals surface area contributed by atoms with Gasteiger partial charge in [-0.3, -0.25) is 4.79 Å². The summed E-state index contributed by atoms with van der Waals surface area (Å²) >= 11 is 0. The maximum Gasteiger partial charge on any atom is 0.305 e. The molecule has 19 heavy (non-hydrogen) atoms. The van der Waals surface area contributed by atoms with Crippen molar-refractivity contribution >= 4 is 5.97 Å². The van der Waals surface area contributed by atoms with Gasteiger partial charge in [0.2, 0.25) is 0 Å². The van der Waals surface area contributed by atoms with Crippen LogP contribution in [0.1, 0.15) is 44.2 Å². The second-order valence-corrected chi connectivity index (χ2v) is 4.67. The molecule has 0 atom stereocenters. The van der Waals surface area contributed by atoms with Gasteiger partial charge in [0.25, 0.3) is 0 Å². The summed E-state index contributed by atoms with van der Waals surface area (Å²) in [5.41, 5.74) is 2.66. The number of aryl methyl sites for hydroxylation is 1. The summed E-state index contributed by atoms with van der Waals surface area (Å²) in [5, 5.41) is 3.35. The monoisotopic (exact) mass is 263 g/mol. The lowest BCUT2D eigenvalue weighted by atomic mass is 10.1. The van der Waals surface area contributed by atoms with Gasteiger partial charge < -0.3 is 10.1 Å². The first-order chi connectivity index (χ1) is 9.26. The van der Waals surface area contributed by atoms with Crippen LogP contribution >= 0.6 is 0 Å². The van der Waals surface area contributed by atoms with Gasteiger partial charge in [0.1, 0.15) is 0 Å². The second kappa shape index (κ2) is 9.56. The summed E-state index contributed by atoms with van der Waals surface area (Å²) < 4.78 is 5.09. The maximum atomic E-state index is 11.1. The number of rotatable bonds is 9. The zero-order valence-electron chi connectivity index (χ0n) is 12.1. The minimum absolute atomic E-state index is 0.0855. The molecule has 0 heterocycles. The Hall–Kier alpha value is -1.35. The predicted octanol–water partition coefficient (Wildman–Crippen LogP) is 3.07. The van der Waals surface area contributed by atoms with E-state index >= 15 is 0 Å². The average molecular weight is 263 g/mol. The normalized spacial score (nSPS) is 10.4. The summed E-state index contributed by atoms with van der Waals surface area (Å²) in [6.07, 6.45) is 3.32. The zero-order chi connectivity index (χ0) is 13.9. The fraction of sp³-hybridized carbons (Fsp3) is 0.562. The van der Waals surface area contributed by atoms with Gasteiger partial charge in [0, 0.05) is 13.0 Å². The van der Waals surface area contributed by atoms with Gasteiger partial charge in [-0.2, -0.15) is 0 Å². The van der Waals surface area contributed by atoms with Gasteiger partial charge in [-0.05, 0) is 36.9 Å². The minimum Gasteiger partial charge on any atom is -0.466 e.